The van der Waals surface area contributed by atoms with Crippen LogP contribution in [0.1, 0.15) is 17.2 Å². The van der Waals surface area contributed by atoms with Crippen molar-refractivity contribution in [3.63, 3.8) is 0 Å². The molecule has 0 radical (unpaired) electrons. The lowest BCUT2D eigenvalue weighted by Gasteiger charge is -2.12. The zero-order valence-corrected chi connectivity index (χ0v) is 13.1. The maximum atomic E-state index is 12.2. The molecule has 0 aliphatic heterocycles. The lowest BCUT2D eigenvalue weighted by molar-refractivity contribution is 0.182. The van der Waals surface area contributed by atoms with Gasteiger partial charge in [0.15, 0.2) is 0 Å². The fourth-order valence-electron chi connectivity index (χ4n) is 1.67. The molecule has 2 rings (SSSR count). The van der Waals surface area contributed by atoms with E-state index in [-0.39, 0.29) is 16.5 Å². The van der Waals surface area contributed by atoms with Gasteiger partial charge in [-0.25, -0.2) is 13.1 Å². The summed E-state index contributed by atoms with van der Waals surface area (Å²) in [5, 5.41) is 13.7. The van der Waals surface area contributed by atoms with Crippen LogP contribution in [0.25, 0.3) is 0 Å². The molecule has 1 atom stereocenters. The summed E-state index contributed by atoms with van der Waals surface area (Å²) < 4.78 is 26.7. The highest BCUT2D eigenvalue weighted by Crippen LogP contribution is 2.23. The molecule has 108 valence electrons. The molecule has 0 unspecified atom stereocenters. The SMILES string of the molecule is Cc1ccc(Cl)c(S(=O)(=O)NC[C@@H](O)c2ccsc2)c1. The minimum Gasteiger partial charge on any atom is -0.387 e. The smallest absolute Gasteiger partial charge is 0.242 e. The molecule has 0 aliphatic rings. The predicted octanol–water partition coefficient (Wildman–Crippen LogP) is 2.72. The first kappa shape index (κ1) is 15.5. The van der Waals surface area contributed by atoms with Crippen LogP contribution in [0.15, 0.2) is 39.9 Å². The van der Waals surface area contributed by atoms with Crippen molar-refractivity contribution in [1.82, 2.24) is 4.72 Å². The first-order valence-electron chi connectivity index (χ1n) is 5.86. The number of hydrogen-bond donors (Lipinski definition) is 2. The number of thiophene rings is 1. The van der Waals surface area contributed by atoms with Crippen LogP contribution in [-0.4, -0.2) is 20.1 Å². The second-order valence-corrected chi connectivity index (χ2v) is 7.28. The third-order valence-electron chi connectivity index (χ3n) is 2.77. The number of halogens is 1. The Morgan fingerprint density at radius 2 is 2.15 bits per heavy atom. The van der Waals surface area contributed by atoms with Gasteiger partial charge in [-0.05, 0) is 47.0 Å². The number of benzene rings is 1. The minimum absolute atomic E-state index is 0.0247. The van der Waals surface area contributed by atoms with E-state index in [0.717, 1.165) is 5.56 Å². The van der Waals surface area contributed by atoms with Gasteiger partial charge >= 0.3 is 0 Å². The number of aliphatic hydroxyl groups excluding tert-OH is 1. The van der Waals surface area contributed by atoms with E-state index in [1.54, 1.807) is 30.5 Å². The van der Waals surface area contributed by atoms with Gasteiger partial charge in [-0.2, -0.15) is 11.3 Å². The Bertz CT molecular complexity index is 684. The van der Waals surface area contributed by atoms with E-state index in [1.807, 2.05) is 5.38 Å². The molecule has 0 bridgehead atoms. The third-order valence-corrected chi connectivity index (χ3v) is 5.38. The quantitative estimate of drug-likeness (QED) is 0.885. The van der Waals surface area contributed by atoms with Crippen molar-refractivity contribution < 1.29 is 13.5 Å². The van der Waals surface area contributed by atoms with Gasteiger partial charge in [0.1, 0.15) is 4.90 Å². The Balaban J connectivity index is 2.13. The van der Waals surface area contributed by atoms with E-state index in [1.165, 1.54) is 17.4 Å². The van der Waals surface area contributed by atoms with E-state index in [9.17, 15) is 13.5 Å². The normalized spacial score (nSPS) is 13.3. The zero-order chi connectivity index (χ0) is 14.8. The van der Waals surface area contributed by atoms with E-state index in [0.29, 0.717) is 5.56 Å². The maximum absolute atomic E-state index is 12.2. The molecular formula is C13H14ClNO3S2. The Labute approximate surface area is 127 Å². The Morgan fingerprint density at radius 3 is 2.80 bits per heavy atom. The van der Waals surface area contributed by atoms with Crippen molar-refractivity contribution in [2.24, 2.45) is 0 Å². The summed E-state index contributed by atoms with van der Waals surface area (Å²) >= 11 is 7.36. The molecule has 0 amide bonds. The molecule has 0 spiro atoms. The Hall–Kier alpha value is -0.920. The second kappa shape index (κ2) is 6.24. The van der Waals surface area contributed by atoms with Crippen LogP contribution in [-0.2, 0) is 10.0 Å². The molecule has 4 nitrogen and oxygen atoms in total. The van der Waals surface area contributed by atoms with Crippen LogP contribution in [0.2, 0.25) is 5.02 Å². The standard InChI is InChI=1S/C13H14ClNO3S2/c1-9-2-3-11(14)13(6-9)20(17,18)15-7-12(16)10-4-5-19-8-10/h2-6,8,12,15-16H,7H2,1H3/t12-/m1/s1. The van der Waals surface area contributed by atoms with Crippen molar-refractivity contribution in [2.75, 3.05) is 6.54 Å². The van der Waals surface area contributed by atoms with Gasteiger partial charge in [0.2, 0.25) is 10.0 Å². The number of aliphatic hydroxyl groups is 1. The minimum atomic E-state index is -3.74. The molecule has 2 N–H and O–H groups in total. The summed E-state index contributed by atoms with van der Waals surface area (Å²) in [5.41, 5.74) is 1.49. The maximum Gasteiger partial charge on any atom is 0.242 e. The molecule has 1 heterocycles. The van der Waals surface area contributed by atoms with Gasteiger partial charge in [0, 0.05) is 6.54 Å². The molecule has 7 heteroatoms. The second-order valence-electron chi connectivity index (χ2n) is 4.36. The number of hydrogen-bond acceptors (Lipinski definition) is 4. The van der Waals surface area contributed by atoms with Gasteiger partial charge in [0.05, 0.1) is 11.1 Å². The number of sulfonamides is 1. The summed E-state index contributed by atoms with van der Waals surface area (Å²) in [6.07, 6.45) is -0.875. The van der Waals surface area contributed by atoms with Crippen molar-refractivity contribution >= 4 is 33.0 Å². The fourth-order valence-corrected chi connectivity index (χ4v) is 3.99. The zero-order valence-electron chi connectivity index (χ0n) is 10.7. The lowest BCUT2D eigenvalue weighted by Crippen LogP contribution is -2.28. The molecule has 2 aromatic rings. The summed E-state index contributed by atoms with van der Waals surface area (Å²) in [4.78, 5) is 0.0247. The first-order chi connectivity index (χ1) is 9.40. The van der Waals surface area contributed by atoms with Crippen LogP contribution in [0.3, 0.4) is 0 Å². The van der Waals surface area contributed by atoms with Gasteiger partial charge in [-0.1, -0.05) is 17.7 Å². The average Bonchev–Trinajstić information content (AvgIpc) is 2.93. The highest BCUT2D eigenvalue weighted by molar-refractivity contribution is 7.89. The summed E-state index contributed by atoms with van der Waals surface area (Å²) in [5.74, 6) is 0. The Kier molecular flexibility index (Phi) is 4.82. The predicted molar refractivity (Wildman–Crippen MR) is 80.7 cm³/mol. The summed E-state index contributed by atoms with van der Waals surface area (Å²) in [6.45, 7) is 1.69. The van der Waals surface area contributed by atoms with E-state index >= 15 is 0 Å². The Morgan fingerprint density at radius 1 is 1.40 bits per heavy atom. The van der Waals surface area contributed by atoms with Crippen LogP contribution >= 0.6 is 22.9 Å². The van der Waals surface area contributed by atoms with Crippen molar-refractivity contribution in [2.45, 2.75) is 17.9 Å². The van der Waals surface area contributed by atoms with E-state index in [2.05, 4.69) is 4.72 Å². The summed E-state index contributed by atoms with van der Waals surface area (Å²) in [6, 6.07) is 6.53. The molecule has 1 aromatic carbocycles. The van der Waals surface area contributed by atoms with E-state index < -0.39 is 16.1 Å². The van der Waals surface area contributed by atoms with Crippen LogP contribution < -0.4 is 4.72 Å². The van der Waals surface area contributed by atoms with Crippen LogP contribution in [0.5, 0.6) is 0 Å². The van der Waals surface area contributed by atoms with Crippen molar-refractivity contribution in [3.05, 3.63) is 51.2 Å². The van der Waals surface area contributed by atoms with Gasteiger partial charge in [-0.15, -0.1) is 0 Å². The van der Waals surface area contributed by atoms with Crippen LogP contribution in [0.4, 0.5) is 0 Å². The molecule has 20 heavy (non-hydrogen) atoms. The molecular weight excluding hydrogens is 318 g/mol. The van der Waals surface area contributed by atoms with Crippen molar-refractivity contribution in [1.29, 1.82) is 0 Å². The fraction of sp³-hybridized carbons (Fsp3) is 0.231. The van der Waals surface area contributed by atoms with Crippen LogP contribution in [0, 0.1) is 6.92 Å². The average molecular weight is 332 g/mol. The highest BCUT2D eigenvalue weighted by Gasteiger charge is 2.19. The third kappa shape index (κ3) is 3.59. The van der Waals surface area contributed by atoms with Gasteiger partial charge in [-0.3, -0.25) is 0 Å². The monoisotopic (exact) mass is 331 g/mol. The largest absolute Gasteiger partial charge is 0.387 e. The first-order valence-corrected chi connectivity index (χ1v) is 8.66. The summed E-state index contributed by atoms with van der Waals surface area (Å²) in [7, 11) is -3.74. The van der Waals surface area contributed by atoms with Gasteiger partial charge in [0.25, 0.3) is 0 Å². The topological polar surface area (TPSA) is 66.4 Å². The number of rotatable bonds is 5. The van der Waals surface area contributed by atoms with Crippen molar-refractivity contribution in [3.8, 4) is 0 Å². The highest BCUT2D eigenvalue weighted by atomic mass is 35.5. The molecule has 0 fully saturated rings. The number of aryl methyl sites for hydroxylation is 1. The number of nitrogens with one attached hydrogen (secondary N) is 1. The molecule has 0 saturated heterocycles. The molecule has 0 saturated carbocycles. The molecule has 1 aromatic heterocycles. The van der Waals surface area contributed by atoms with Gasteiger partial charge < -0.3 is 5.11 Å². The lowest BCUT2D eigenvalue weighted by atomic mass is 10.2. The van der Waals surface area contributed by atoms with E-state index in [4.69, 9.17) is 11.6 Å². The molecule has 0 aliphatic carbocycles.